The van der Waals surface area contributed by atoms with Crippen molar-refractivity contribution in [3.05, 3.63) is 82.2 Å². The number of amides is 1. The van der Waals surface area contributed by atoms with Crippen LogP contribution in [0.25, 0.3) is 0 Å². The number of ether oxygens (including phenoxy) is 1. The van der Waals surface area contributed by atoms with E-state index >= 15 is 0 Å². The molecule has 30 heavy (non-hydrogen) atoms. The molecule has 0 fully saturated rings. The molecule has 0 saturated carbocycles. The second-order valence-corrected chi connectivity index (χ2v) is 9.33. The minimum absolute atomic E-state index is 0.0188. The van der Waals surface area contributed by atoms with Gasteiger partial charge in [0.05, 0.1) is 17.7 Å². The van der Waals surface area contributed by atoms with E-state index in [-0.39, 0.29) is 10.6 Å². The van der Waals surface area contributed by atoms with Gasteiger partial charge in [-0.15, -0.1) is 0 Å². The van der Waals surface area contributed by atoms with Gasteiger partial charge in [-0.2, -0.15) is 0 Å². The summed E-state index contributed by atoms with van der Waals surface area (Å²) < 4.78 is 46.9. The molecule has 3 rings (SSSR count). The maximum absolute atomic E-state index is 13.4. The van der Waals surface area contributed by atoms with Crippen LogP contribution in [0.3, 0.4) is 0 Å². The minimum Gasteiger partial charge on any atom is -0.497 e. The monoisotopic (exact) mass is 540 g/mol. The van der Waals surface area contributed by atoms with E-state index in [4.69, 9.17) is 4.74 Å². The number of carbonyl (C=O) groups is 1. The van der Waals surface area contributed by atoms with Gasteiger partial charge in [0.1, 0.15) is 18.1 Å². The van der Waals surface area contributed by atoms with Crippen LogP contribution in [0, 0.1) is 9.39 Å². The maximum atomic E-state index is 13.4. The van der Waals surface area contributed by atoms with Gasteiger partial charge in [0.25, 0.3) is 10.0 Å². The molecule has 0 aliphatic heterocycles. The Morgan fingerprint density at radius 3 is 2.17 bits per heavy atom. The van der Waals surface area contributed by atoms with Gasteiger partial charge in [0.15, 0.2) is 0 Å². The summed E-state index contributed by atoms with van der Waals surface area (Å²) in [4.78, 5) is 12.6. The fraction of sp³-hybridized carbons (Fsp3) is 0.0952. The van der Waals surface area contributed by atoms with Gasteiger partial charge in [0, 0.05) is 9.26 Å². The average Bonchev–Trinajstić information content (AvgIpc) is 2.74. The van der Waals surface area contributed by atoms with Crippen molar-refractivity contribution in [3.63, 3.8) is 0 Å². The Kier molecular flexibility index (Phi) is 6.93. The number of hydrogen-bond donors (Lipinski definition) is 1. The third kappa shape index (κ3) is 5.28. The number of nitrogens with one attached hydrogen (secondary N) is 1. The van der Waals surface area contributed by atoms with Gasteiger partial charge < -0.3 is 10.1 Å². The Morgan fingerprint density at radius 1 is 1.00 bits per heavy atom. The highest BCUT2D eigenvalue weighted by molar-refractivity contribution is 14.1. The van der Waals surface area contributed by atoms with Crippen LogP contribution in [0.5, 0.6) is 5.75 Å². The summed E-state index contributed by atoms with van der Waals surface area (Å²) in [6.45, 7) is -0.480. The zero-order valence-corrected chi connectivity index (χ0v) is 18.9. The standard InChI is InChI=1S/C21H18FIN2O4S/c1-29-19-10-12-20(13-11-19)30(27,28)25(18-8-2-15(22)3-9-18)14-21(26)24-17-6-4-16(23)5-7-17/h2-13H,14H2,1H3,(H,24,26). The molecule has 0 atom stereocenters. The molecular weight excluding hydrogens is 522 g/mol. The SMILES string of the molecule is COc1ccc(S(=O)(=O)N(CC(=O)Nc2ccc(I)cc2)c2ccc(F)cc2)cc1. The highest BCUT2D eigenvalue weighted by Gasteiger charge is 2.27. The lowest BCUT2D eigenvalue weighted by Crippen LogP contribution is -2.38. The smallest absolute Gasteiger partial charge is 0.264 e. The van der Waals surface area contributed by atoms with Crippen LogP contribution in [0.2, 0.25) is 0 Å². The summed E-state index contributed by atoms with van der Waals surface area (Å²) in [7, 11) is -2.62. The Balaban J connectivity index is 1.92. The molecule has 0 unspecified atom stereocenters. The first-order valence-corrected chi connectivity index (χ1v) is 11.3. The molecule has 0 radical (unpaired) electrons. The number of rotatable bonds is 7. The van der Waals surface area contributed by atoms with Crippen molar-refractivity contribution < 1.29 is 22.3 Å². The molecule has 0 bridgehead atoms. The van der Waals surface area contributed by atoms with Crippen molar-refractivity contribution in [1.82, 2.24) is 0 Å². The zero-order valence-electron chi connectivity index (χ0n) is 15.9. The zero-order chi connectivity index (χ0) is 21.7. The van der Waals surface area contributed by atoms with Crippen molar-refractivity contribution in [3.8, 4) is 5.75 Å². The minimum atomic E-state index is -4.09. The number of benzene rings is 3. The Hall–Kier alpha value is -2.66. The number of carbonyl (C=O) groups excluding carboxylic acids is 1. The molecule has 0 aliphatic rings. The van der Waals surface area contributed by atoms with Crippen molar-refractivity contribution in [2.75, 3.05) is 23.3 Å². The van der Waals surface area contributed by atoms with Crippen LogP contribution >= 0.6 is 22.6 Å². The van der Waals surface area contributed by atoms with Crippen molar-refractivity contribution in [2.24, 2.45) is 0 Å². The van der Waals surface area contributed by atoms with Gasteiger partial charge in [0.2, 0.25) is 5.91 Å². The van der Waals surface area contributed by atoms with Gasteiger partial charge in [-0.05, 0) is 95.4 Å². The van der Waals surface area contributed by atoms with Gasteiger partial charge in [-0.3, -0.25) is 9.10 Å². The van der Waals surface area contributed by atoms with Crippen LogP contribution in [-0.2, 0) is 14.8 Å². The van der Waals surface area contributed by atoms with E-state index in [1.807, 2.05) is 12.1 Å². The van der Waals surface area contributed by atoms with Gasteiger partial charge in [-0.1, -0.05) is 0 Å². The highest BCUT2D eigenvalue weighted by Crippen LogP contribution is 2.25. The lowest BCUT2D eigenvalue weighted by atomic mass is 10.3. The van der Waals surface area contributed by atoms with E-state index in [1.165, 1.54) is 43.5 Å². The van der Waals surface area contributed by atoms with Crippen molar-refractivity contribution in [2.45, 2.75) is 4.90 Å². The summed E-state index contributed by atoms with van der Waals surface area (Å²) >= 11 is 2.14. The van der Waals surface area contributed by atoms with Crippen molar-refractivity contribution >= 4 is 49.9 Å². The number of hydrogen-bond acceptors (Lipinski definition) is 4. The molecule has 9 heteroatoms. The molecule has 1 N–H and O–H groups in total. The molecule has 3 aromatic rings. The fourth-order valence-corrected chi connectivity index (χ4v) is 4.44. The van der Waals surface area contributed by atoms with E-state index in [0.29, 0.717) is 11.4 Å². The molecule has 0 aliphatic carbocycles. The van der Waals surface area contributed by atoms with E-state index < -0.39 is 28.3 Å². The molecule has 156 valence electrons. The third-order valence-corrected chi connectivity index (χ3v) is 6.68. The van der Waals surface area contributed by atoms with Crippen molar-refractivity contribution in [1.29, 1.82) is 0 Å². The largest absolute Gasteiger partial charge is 0.497 e. The van der Waals surface area contributed by atoms with Crippen LogP contribution in [-0.4, -0.2) is 28.0 Å². The van der Waals surface area contributed by atoms with Crippen LogP contribution in [0.4, 0.5) is 15.8 Å². The summed E-state index contributed by atoms with van der Waals surface area (Å²) in [5, 5.41) is 2.68. The fourth-order valence-electron chi connectivity index (χ4n) is 2.66. The predicted octanol–water partition coefficient (Wildman–Crippen LogP) is 4.27. The number of sulfonamides is 1. The first-order valence-electron chi connectivity index (χ1n) is 8.77. The molecule has 0 aromatic heterocycles. The van der Waals surface area contributed by atoms with Gasteiger partial charge in [-0.25, -0.2) is 12.8 Å². The van der Waals surface area contributed by atoms with E-state index in [0.717, 1.165) is 20.0 Å². The van der Waals surface area contributed by atoms with Crippen LogP contribution in [0.15, 0.2) is 77.7 Å². The van der Waals surface area contributed by atoms with E-state index in [1.54, 1.807) is 12.1 Å². The summed E-state index contributed by atoms with van der Waals surface area (Å²) in [6, 6.07) is 17.8. The number of nitrogens with zero attached hydrogens (tertiary/aromatic N) is 1. The normalized spacial score (nSPS) is 11.0. The molecule has 0 spiro atoms. The van der Waals surface area contributed by atoms with Crippen LogP contribution in [0.1, 0.15) is 0 Å². The number of anilines is 2. The molecule has 0 saturated heterocycles. The average molecular weight is 540 g/mol. The summed E-state index contributed by atoms with van der Waals surface area (Å²) in [5.41, 5.74) is 0.714. The van der Waals surface area contributed by atoms with Gasteiger partial charge >= 0.3 is 0 Å². The molecular formula is C21H18FIN2O4S. The molecule has 6 nitrogen and oxygen atoms in total. The first-order chi connectivity index (χ1) is 14.3. The second kappa shape index (κ2) is 9.43. The summed E-state index contributed by atoms with van der Waals surface area (Å²) in [5.74, 6) is -0.541. The summed E-state index contributed by atoms with van der Waals surface area (Å²) in [6.07, 6.45) is 0. The second-order valence-electron chi connectivity index (χ2n) is 6.22. The Bertz CT molecular complexity index is 1120. The van der Waals surface area contributed by atoms with E-state index in [9.17, 15) is 17.6 Å². The molecule has 1 amide bonds. The highest BCUT2D eigenvalue weighted by atomic mass is 127. The molecule has 3 aromatic carbocycles. The molecule has 0 heterocycles. The Morgan fingerprint density at radius 2 is 1.60 bits per heavy atom. The van der Waals surface area contributed by atoms with Crippen LogP contribution < -0.4 is 14.4 Å². The lowest BCUT2D eigenvalue weighted by Gasteiger charge is -2.24. The quantitative estimate of drug-likeness (QED) is 0.455. The number of methoxy groups -OCH3 is 1. The Labute approximate surface area is 187 Å². The predicted molar refractivity (Wildman–Crippen MR) is 122 cm³/mol. The van der Waals surface area contributed by atoms with E-state index in [2.05, 4.69) is 27.9 Å². The third-order valence-electron chi connectivity index (χ3n) is 4.18. The lowest BCUT2D eigenvalue weighted by molar-refractivity contribution is -0.114. The number of halogens is 2. The topological polar surface area (TPSA) is 75.7 Å². The maximum Gasteiger partial charge on any atom is 0.264 e. The first kappa shape index (κ1) is 22.0.